The summed E-state index contributed by atoms with van der Waals surface area (Å²) in [5.41, 5.74) is 0. The molecule has 1 saturated heterocycles. The van der Waals surface area contributed by atoms with Crippen LogP contribution in [0.15, 0.2) is 6.33 Å². The van der Waals surface area contributed by atoms with Crippen molar-refractivity contribution in [2.24, 2.45) is 0 Å². The lowest BCUT2D eigenvalue weighted by molar-refractivity contribution is 0.456. The Morgan fingerprint density at radius 1 is 1.56 bits per heavy atom. The van der Waals surface area contributed by atoms with E-state index in [0.29, 0.717) is 6.04 Å². The summed E-state index contributed by atoms with van der Waals surface area (Å²) in [5.74, 6) is 2.64. The molecule has 1 aliphatic heterocycles. The van der Waals surface area contributed by atoms with Gasteiger partial charge in [-0.25, -0.2) is 9.67 Å². The second-order valence-electron chi connectivity index (χ2n) is 4.00. The lowest BCUT2D eigenvalue weighted by atomic mass is 10.1. The van der Waals surface area contributed by atoms with E-state index in [4.69, 9.17) is 0 Å². The molecule has 1 aromatic heterocycles. The van der Waals surface area contributed by atoms with Gasteiger partial charge >= 0.3 is 0 Å². The molecule has 0 aromatic carbocycles. The molecule has 16 heavy (non-hydrogen) atoms. The zero-order valence-corrected chi connectivity index (χ0v) is 10.4. The first-order valence-corrected chi connectivity index (χ1v) is 7.23. The second-order valence-corrected chi connectivity index (χ2v) is 5.69. The Hall–Kier alpha value is -0.750. The van der Waals surface area contributed by atoms with E-state index < -0.39 is 10.8 Å². The third-order valence-corrected chi connectivity index (χ3v) is 4.31. The first-order valence-electron chi connectivity index (χ1n) is 5.74. The van der Waals surface area contributed by atoms with Crippen LogP contribution in [-0.2, 0) is 23.9 Å². The first-order chi connectivity index (χ1) is 7.79. The Bertz CT molecular complexity index is 355. The highest BCUT2D eigenvalue weighted by Gasteiger charge is 2.17. The molecular weight excluding hydrogens is 224 g/mol. The molecule has 0 amide bonds. The van der Waals surface area contributed by atoms with Crippen LogP contribution in [0.5, 0.6) is 0 Å². The van der Waals surface area contributed by atoms with Crippen LogP contribution in [0.25, 0.3) is 0 Å². The maximum Gasteiger partial charge on any atom is 0.140 e. The average Bonchev–Trinajstić information content (AvgIpc) is 2.76. The minimum atomic E-state index is -0.580. The Morgan fingerprint density at radius 3 is 3.00 bits per heavy atom. The maximum absolute atomic E-state index is 11.2. The van der Waals surface area contributed by atoms with E-state index in [2.05, 4.69) is 22.3 Å². The molecule has 0 spiro atoms. The SMILES string of the molecule is CCn1ncnc1CNC1CCS(=O)CC1. The molecule has 1 fully saturated rings. The van der Waals surface area contributed by atoms with Gasteiger partial charge in [-0.15, -0.1) is 0 Å². The first kappa shape index (κ1) is 11.7. The summed E-state index contributed by atoms with van der Waals surface area (Å²) in [6, 6.07) is 0.486. The molecule has 6 heteroatoms. The van der Waals surface area contributed by atoms with E-state index in [1.165, 1.54) is 0 Å². The average molecular weight is 242 g/mol. The van der Waals surface area contributed by atoms with Gasteiger partial charge in [-0.3, -0.25) is 4.21 Å². The van der Waals surface area contributed by atoms with Gasteiger partial charge in [0, 0.05) is 34.9 Å². The van der Waals surface area contributed by atoms with Crippen molar-refractivity contribution < 1.29 is 4.21 Å². The van der Waals surface area contributed by atoms with Crippen molar-refractivity contribution >= 4 is 10.8 Å². The fraction of sp³-hybridized carbons (Fsp3) is 0.800. The molecule has 0 unspecified atom stereocenters. The molecule has 0 saturated carbocycles. The monoisotopic (exact) mass is 242 g/mol. The number of aryl methyl sites for hydroxylation is 1. The zero-order valence-electron chi connectivity index (χ0n) is 9.56. The molecule has 0 bridgehead atoms. The van der Waals surface area contributed by atoms with Crippen molar-refractivity contribution in [2.45, 2.75) is 38.9 Å². The highest BCUT2D eigenvalue weighted by molar-refractivity contribution is 7.85. The summed E-state index contributed by atoms with van der Waals surface area (Å²) in [5, 5.41) is 7.59. The van der Waals surface area contributed by atoms with Gasteiger partial charge in [-0.2, -0.15) is 5.10 Å². The molecule has 5 nitrogen and oxygen atoms in total. The van der Waals surface area contributed by atoms with Crippen LogP contribution in [0.2, 0.25) is 0 Å². The minimum absolute atomic E-state index is 0.486. The Morgan fingerprint density at radius 2 is 2.31 bits per heavy atom. The van der Waals surface area contributed by atoms with Crippen LogP contribution in [0.4, 0.5) is 0 Å². The van der Waals surface area contributed by atoms with Crippen molar-refractivity contribution in [1.82, 2.24) is 20.1 Å². The predicted octanol–water partition coefficient (Wildman–Crippen LogP) is 0.299. The van der Waals surface area contributed by atoms with Crippen LogP contribution >= 0.6 is 0 Å². The van der Waals surface area contributed by atoms with E-state index in [1.807, 2.05) is 4.68 Å². The largest absolute Gasteiger partial charge is 0.307 e. The van der Waals surface area contributed by atoms with Gasteiger partial charge in [0.15, 0.2) is 0 Å². The van der Waals surface area contributed by atoms with Gasteiger partial charge in [0.25, 0.3) is 0 Å². The Kier molecular flexibility index (Phi) is 4.06. The van der Waals surface area contributed by atoms with Crippen molar-refractivity contribution in [1.29, 1.82) is 0 Å². The maximum atomic E-state index is 11.2. The van der Waals surface area contributed by atoms with E-state index in [-0.39, 0.29) is 0 Å². The van der Waals surface area contributed by atoms with E-state index in [0.717, 1.165) is 43.3 Å². The molecule has 0 atom stereocenters. The number of rotatable bonds is 4. The molecule has 1 N–H and O–H groups in total. The lowest BCUT2D eigenvalue weighted by Crippen LogP contribution is -2.35. The number of hydrogen-bond acceptors (Lipinski definition) is 4. The summed E-state index contributed by atoms with van der Waals surface area (Å²) < 4.78 is 13.1. The highest BCUT2D eigenvalue weighted by atomic mass is 32.2. The summed E-state index contributed by atoms with van der Waals surface area (Å²) in [7, 11) is -0.580. The number of nitrogens with zero attached hydrogens (tertiary/aromatic N) is 3. The predicted molar refractivity (Wildman–Crippen MR) is 63.4 cm³/mol. The molecule has 1 aliphatic rings. The second kappa shape index (κ2) is 5.54. The summed E-state index contributed by atoms with van der Waals surface area (Å²) in [6.07, 6.45) is 3.61. The van der Waals surface area contributed by atoms with E-state index in [9.17, 15) is 4.21 Å². The van der Waals surface area contributed by atoms with Crippen molar-refractivity contribution in [3.63, 3.8) is 0 Å². The Labute approximate surface area is 98.1 Å². The standard InChI is InChI=1S/C10H18N4OS/c1-2-14-10(12-8-13-14)7-11-9-3-5-16(15)6-4-9/h8-9,11H,2-7H2,1H3. The topological polar surface area (TPSA) is 59.8 Å². The normalized spacial score (nSPS) is 25.8. The van der Waals surface area contributed by atoms with Crippen molar-refractivity contribution in [2.75, 3.05) is 11.5 Å². The van der Waals surface area contributed by atoms with Gasteiger partial charge in [-0.1, -0.05) is 0 Å². The minimum Gasteiger partial charge on any atom is -0.307 e. The van der Waals surface area contributed by atoms with Crippen molar-refractivity contribution in [3.8, 4) is 0 Å². The molecule has 0 aliphatic carbocycles. The van der Waals surface area contributed by atoms with Crippen LogP contribution in [0.1, 0.15) is 25.6 Å². The fourth-order valence-corrected chi connectivity index (χ4v) is 3.22. The smallest absolute Gasteiger partial charge is 0.140 e. The van der Waals surface area contributed by atoms with E-state index in [1.54, 1.807) is 6.33 Å². The zero-order chi connectivity index (χ0) is 11.4. The summed E-state index contributed by atoms with van der Waals surface area (Å²) >= 11 is 0. The highest BCUT2D eigenvalue weighted by Crippen LogP contribution is 2.09. The number of nitrogens with one attached hydrogen (secondary N) is 1. The molecule has 2 rings (SSSR count). The Balaban J connectivity index is 1.81. The van der Waals surface area contributed by atoms with E-state index >= 15 is 0 Å². The third-order valence-electron chi connectivity index (χ3n) is 2.93. The van der Waals surface area contributed by atoms with Crippen LogP contribution in [-0.4, -0.2) is 36.5 Å². The molecule has 1 aromatic rings. The molecule has 0 radical (unpaired) electrons. The summed E-state index contributed by atoms with van der Waals surface area (Å²) in [6.45, 7) is 3.67. The lowest BCUT2D eigenvalue weighted by Gasteiger charge is -2.22. The quantitative estimate of drug-likeness (QED) is 0.825. The van der Waals surface area contributed by atoms with Crippen LogP contribution in [0, 0.1) is 0 Å². The summed E-state index contributed by atoms with van der Waals surface area (Å²) in [4.78, 5) is 4.22. The number of aromatic nitrogens is 3. The van der Waals surface area contributed by atoms with Gasteiger partial charge < -0.3 is 5.32 Å². The van der Waals surface area contributed by atoms with Gasteiger partial charge in [0.05, 0.1) is 6.54 Å². The molecular formula is C10H18N4OS. The molecule has 90 valence electrons. The molecule has 2 heterocycles. The number of hydrogen-bond donors (Lipinski definition) is 1. The fourth-order valence-electron chi connectivity index (χ4n) is 1.92. The van der Waals surface area contributed by atoms with Gasteiger partial charge in [0.2, 0.25) is 0 Å². The van der Waals surface area contributed by atoms with Crippen molar-refractivity contribution in [3.05, 3.63) is 12.2 Å². The third kappa shape index (κ3) is 2.89. The van der Waals surface area contributed by atoms with Gasteiger partial charge in [0.1, 0.15) is 12.2 Å². The van der Waals surface area contributed by atoms with Crippen LogP contribution < -0.4 is 5.32 Å². The van der Waals surface area contributed by atoms with Crippen LogP contribution in [0.3, 0.4) is 0 Å². The van der Waals surface area contributed by atoms with Gasteiger partial charge in [-0.05, 0) is 19.8 Å².